The molecule has 0 saturated heterocycles. The van der Waals surface area contributed by atoms with Gasteiger partial charge in [0.1, 0.15) is 23.0 Å². The molecule has 0 aliphatic carbocycles. The van der Waals surface area contributed by atoms with Crippen LogP contribution in [0.25, 0.3) is 0 Å². The van der Waals surface area contributed by atoms with Crippen molar-refractivity contribution in [3.63, 3.8) is 0 Å². The summed E-state index contributed by atoms with van der Waals surface area (Å²) in [7, 11) is 0. The van der Waals surface area contributed by atoms with E-state index in [-0.39, 0.29) is 11.1 Å². The Hall–Kier alpha value is -3.12. The van der Waals surface area contributed by atoms with E-state index >= 15 is 0 Å². The summed E-state index contributed by atoms with van der Waals surface area (Å²) in [5.74, 6) is -0.277. The number of rotatable bonds is 10. The summed E-state index contributed by atoms with van der Waals surface area (Å²) < 4.78 is 71.5. The molecule has 0 aliphatic heterocycles. The lowest BCUT2D eigenvalue weighted by molar-refractivity contribution is 0.00357. The monoisotopic (exact) mass is 634 g/mol. The number of benzene rings is 3. The summed E-state index contributed by atoms with van der Waals surface area (Å²) in [6.07, 6.45) is 0. The molecule has 3 aromatic carbocycles. The second-order valence-corrected chi connectivity index (χ2v) is 9.43. The van der Waals surface area contributed by atoms with Gasteiger partial charge in [-0.25, -0.2) is 9.59 Å². The zero-order valence-corrected chi connectivity index (χ0v) is 21.2. The van der Waals surface area contributed by atoms with Gasteiger partial charge in [0, 0.05) is 6.07 Å². The number of carbonyl (C=O) groups is 2. The summed E-state index contributed by atoms with van der Waals surface area (Å²) >= 11 is 4.18. The molecule has 0 fully saturated rings. The Morgan fingerprint density at radius 3 is 1.31 bits per heavy atom. The van der Waals surface area contributed by atoms with Gasteiger partial charge in [-0.2, -0.15) is 17.6 Å². The second-order valence-electron chi connectivity index (χ2n) is 7.11. The van der Waals surface area contributed by atoms with Crippen LogP contribution >= 0.6 is 31.9 Å². The molecule has 12 heteroatoms. The van der Waals surface area contributed by atoms with Gasteiger partial charge in [0.05, 0.1) is 11.1 Å². The van der Waals surface area contributed by atoms with E-state index in [2.05, 4.69) is 41.3 Å². The van der Waals surface area contributed by atoms with Gasteiger partial charge in [-0.05, 0) is 92.5 Å². The quantitative estimate of drug-likeness (QED) is 0.130. The van der Waals surface area contributed by atoms with E-state index in [1.807, 2.05) is 0 Å². The van der Waals surface area contributed by atoms with Crippen molar-refractivity contribution in [1.29, 1.82) is 0 Å². The number of esters is 2. The zero-order chi connectivity index (χ0) is 26.3. The Labute approximate surface area is 219 Å². The van der Waals surface area contributed by atoms with E-state index in [9.17, 15) is 27.2 Å². The molecule has 0 radical (unpaired) electrons. The first-order valence-electron chi connectivity index (χ1n) is 10.0. The summed E-state index contributed by atoms with van der Waals surface area (Å²) in [6.45, 7) is -2.19. The molecule has 0 bridgehead atoms. The topological polar surface area (TPSA) is 71.1 Å². The standard InChI is InChI=1S/C24H16Br2F4O6/c25-23(27,28)13-33-21(31)15-4-8-17(9-5-15)35-19-2-1-3-20(12-19)36-18-10-6-16(7-11-18)22(32)34-14-24(26,29)30/h1-12H,13-14H2. The number of hydrogen-bond acceptors (Lipinski definition) is 6. The maximum absolute atomic E-state index is 12.8. The van der Waals surface area contributed by atoms with Crippen molar-refractivity contribution in [2.75, 3.05) is 13.2 Å². The average Bonchev–Trinajstić information content (AvgIpc) is 2.81. The molecule has 6 nitrogen and oxygen atoms in total. The molecule has 0 aromatic heterocycles. The van der Waals surface area contributed by atoms with Crippen molar-refractivity contribution in [3.8, 4) is 23.0 Å². The van der Waals surface area contributed by atoms with E-state index in [4.69, 9.17) is 9.47 Å². The SMILES string of the molecule is O=C(OCC(F)(F)Br)c1ccc(Oc2cccc(Oc3ccc(C(=O)OCC(F)(F)Br)cc3)c2)cc1. The van der Waals surface area contributed by atoms with E-state index in [1.165, 1.54) is 48.5 Å². The number of alkyl halides is 6. The van der Waals surface area contributed by atoms with Crippen molar-refractivity contribution in [2.24, 2.45) is 0 Å². The molecule has 0 amide bonds. The van der Waals surface area contributed by atoms with Crippen molar-refractivity contribution in [1.82, 2.24) is 0 Å². The van der Waals surface area contributed by atoms with Crippen LogP contribution < -0.4 is 9.47 Å². The van der Waals surface area contributed by atoms with Crippen LogP contribution in [0.5, 0.6) is 23.0 Å². The lowest BCUT2D eigenvalue weighted by Gasteiger charge is -2.11. The fraction of sp³-hybridized carbons (Fsp3) is 0.167. The van der Waals surface area contributed by atoms with Gasteiger partial charge in [0.2, 0.25) is 0 Å². The van der Waals surface area contributed by atoms with Crippen LogP contribution in [0.1, 0.15) is 20.7 Å². The molecule has 0 heterocycles. The van der Waals surface area contributed by atoms with Crippen LogP contribution in [-0.2, 0) is 9.47 Å². The minimum absolute atomic E-state index is 0.0735. The first kappa shape index (κ1) is 27.5. The van der Waals surface area contributed by atoms with Crippen molar-refractivity contribution in [2.45, 2.75) is 9.66 Å². The Morgan fingerprint density at radius 1 is 0.611 bits per heavy atom. The summed E-state index contributed by atoms with van der Waals surface area (Å²) in [4.78, 5) is 17.0. The van der Waals surface area contributed by atoms with Gasteiger partial charge >= 0.3 is 21.6 Å². The summed E-state index contributed by atoms with van der Waals surface area (Å²) in [6, 6.07) is 17.9. The highest BCUT2D eigenvalue weighted by atomic mass is 79.9. The van der Waals surface area contributed by atoms with Gasteiger partial charge in [-0.1, -0.05) is 6.07 Å². The van der Waals surface area contributed by atoms with E-state index in [0.29, 0.717) is 23.0 Å². The van der Waals surface area contributed by atoms with Crippen LogP contribution in [0.3, 0.4) is 0 Å². The molecule has 0 spiro atoms. The first-order chi connectivity index (χ1) is 16.9. The van der Waals surface area contributed by atoms with Gasteiger partial charge < -0.3 is 18.9 Å². The highest BCUT2D eigenvalue weighted by Crippen LogP contribution is 2.29. The Kier molecular flexibility index (Phi) is 8.96. The largest absolute Gasteiger partial charge is 0.457 e. The summed E-state index contributed by atoms with van der Waals surface area (Å²) in [5, 5.41) is 0. The van der Waals surface area contributed by atoms with Crippen LogP contribution in [-0.4, -0.2) is 34.8 Å². The normalized spacial score (nSPS) is 11.5. The minimum atomic E-state index is -3.31. The molecule has 3 aromatic rings. The van der Waals surface area contributed by atoms with Crippen molar-refractivity contribution in [3.05, 3.63) is 83.9 Å². The predicted molar refractivity (Wildman–Crippen MR) is 128 cm³/mol. The summed E-state index contributed by atoms with van der Waals surface area (Å²) in [5.41, 5.74) is 0.147. The molecule has 0 atom stereocenters. The highest BCUT2D eigenvalue weighted by molar-refractivity contribution is 9.10. The third kappa shape index (κ3) is 9.15. The Bertz CT molecular complexity index is 1100. The average molecular weight is 636 g/mol. The molecule has 0 saturated carbocycles. The Morgan fingerprint density at radius 2 is 0.972 bits per heavy atom. The smallest absolute Gasteiger partial charge is 0.338 e. The molecule has 0 N–H and O–H groups in total. The minimum Gasteiger partial charge on any atom is -0.457 e. The van der Waals surface area contributed by atoms with Crippen LogP contribution in [0.2, 0.25) is 0 Å². The molecule has 36 heavy (non-hydrogen) atoms. The maximum atomic E-state index is 12.8. The zero-order valence-electron chi connectivity index (χ0n) is 18.1. The fourth-order valence-electron chi connectivity index (χ4n) is 2.65. The van der Waals surface area contributed by atoms with Gasteiger partial charge in [0.15, 0.2) is 13.2 Å². The number of hydrogen-bond donors (Lipinski definition) is 0. The number of carbonyl (C=O) groups excluding carboxylic acids is 2. The molecular formula is C24H16Br2F4O6. The predicted octanol–water partition coefficient (Wildman–Crippen LogP) is 7.56. The first-order valence-corrected chi connectivity index (χ1v) is 11.6. The number of ether oxygens (including phenoxy) is 4. The molecular weight excluding hydrogens is 620 g/mol. The van der Waals surface area contributed by atoms with Gasteiger partial charge in [-0.3, -0.25) is 0 Å². The highest BCUT2D eigenvalue weighted by Gasteiger charge is 2.27. The van der Waals surface area contributed by atoms with Crippen LogP contribution in [0, 0.1) is 0 Å². The van der Waals surface area contributed by atoms with Crippen molar-refractivity contribution < 1.29 is 46.1 Å². The van der Waals surface area contributed by atoms with E-state index in [1.54, 1.807) is 24.3 Å². The molecule has 190 valence electrons. The third-order valence-corrected chi connectivity index (χ3v) is 4.65. The molecule has 0 unspecified atom stereocenters. The van der Waals surface area contributed by atoms with Gasteiger partial charge in [-0.15, -0.1) is 0 Å². The molecule has 3 rings (SSSR count). The maximum Gasteiger partial charge on any atom is 0.338 e. The number of halogens is 6. The van der Waals surface area contributed by atoms with Crippen molar-refractivity contribution >= 4 is 43.8 Å². The Balaban J connectivity index is 1.58. The van der Waals surface area contributed by atoms with Crippen LogP contribution in [0.15, 0.2) is 72.8 Å². The van der Waals surface area contributed by atoms with Crippen LogP contribution in [0.4, 0.5) is 17.6 Å². The fourth-order valence-corrected chi connectivity index (χ4v) is 2.88. The van der Waals surface area contributed by atoms with E-state index < -0.39 is 34.8 Å². The molecule has 0 aliphatic rings. The third-order valence-electron chi connectivity index (χ3n) is 4.19. The van der Waals surface area contributed by atoms with Gasteiger partial charge in [0.25, 0.3) is 0 Å². The lowest BCUT2D eigenvalue weighted by Crippen LogP contribution is -2.18. The lowest BCUT2D eigenvalue weighted by atomic mass is 10.2. The van der Waals surface area contributed by atoms with E-state index in [0.717, 1.165) is 0 Å². The second kappa shape index (κ2) is 11.7.